The van der Waals surface area contributed by atoms with Crippen molar-refractivity contribution in [2.45, 2.75) is 17.7 Å². The molecule has 0 radical (unpaired) electrons. The second-order valence-corrected chi connectivity index (χ2v) is 9.29. The fourth-order valence-electron chi connectivity index (χ4n) is 3.66. The monoisotopic (exact) mass is 460 g/mol. The zero-order valence-corrected chi connectivity index (χ0v) is 18.3. The number of nitrogens with one attached hydrogen (secondary N) is 1. The van der Waals surface area contributed by atoms with E-state index in [4.69, 9.17) is 4.42 Å². The highest BCUT2D eigenvalue weighted by Gasteiger charge is 2.22. The van der Waals surface area contributed by atoms with Crippen LogP contribution in [0.5, 0.6) is 0 Å². The number of carbonyl (C=O) groups is 1. The smallest absolute Gasteiger partial charge is 0.261 e. The summed E-state index contributed by atoms with van der Waals surface area (Å²) >= 11 is 0. The lowest BCUT2D eigenvalue weighted by Crippen LogP contribution is -2.23. The lowest BCUT2D eigenvalue weighted by Gasteiger charge is -2.16. The molecule has 0 atom stereocenters. The number of sulfonamides is 1. The number of nitrogens with zero attached hydrogens (tertiary/aromatic N) is 3. The number of anilines is 2. The topological polar surface area (TPSA) is 105 Å². The van der Waals surface area contributed by atoms with Crippen molar-refractivity contribution in [3.05, 3.63) is 78.9 Å². The molecule has 1 aromatic heterocycles. The standard InChI is InChI=1S/C24H20N4O4S/c29-22-7-4-16-28(22)20-12-14-21(15-13-20)33(30,31)27-19-10-8-18(9-11-19)24-26-25-23(32-24)17-5-2-1-3-6-17/h1-3,5-6,8-15,27H,4,7,16H2. The van der Waals surface area contributed by atoms with Crippen LogP contribution in [0.2, 0.25) is 0 Å². The molecule has 1 aliphatic rings. The Kier molecular flexibility index (Phi) is 5.39. The number of aromatic nitrogens is 2. The average Bonchev–Trinajstić information content (AvgIpc) is 3.50. The van der Waals surface area contributed by atoms with Crippen molar-refractivity contribution in [3.63, 3.8) is 0 Å². The van der Waals surface area contributed by atoms with E-state index in [1.807, 2.05) is 30.3 Å². The molecule has 0 bridgehead atoms. The van der Waals surface area contributed by atoms with Crippen molar-refractivity contribution < 1.29 is 17.6 Å². The van der Waals surface area contributed by atoms with E-state index in [-0.39, 0.29) is 10.8 Å². The van der Waals surface area contributed by atoms with Gasteiger partial charge in [0.1, 0.15) is 0 Å². The minimum atomic E-state index is -3.78. The molecular weight excluding hydrogens is 440 g/mol. The molecule has 9 heteroatoms. The third-order valence-electron chi connectivity index (χ3n) is 5.36. The summed E-state index contributed by atoms with van der Waals surface area (Å²) in [6.07, 6.45) is 1.34. The summed E-state index contributed by atoms with van der Waals surface area (Å²) in [4.78, 5) is 13.7. The summed E-state index contributed by atoms with van der Waals surface area (Å²) < 4.78 is 33.9. The van der Waals surface area contributed by atoms with Crippen molar-refractivity contribution in [1.29, 1.82) is 0 Å². The molecule has 33 heavy (non-hydrogen) atoms. The number of carbonyl (C=O) groups excluding carboxylic acids is 1. The van der Waals surface area contributed by atoms with Crippen LogP contribution in [-0.2, 0) is 14.8 Å². The first-order valence-corrected chi connectivity index (χ1v) is 11.9. The Hall–Kier alpha value is -3.98. The van der Waals surface area contributed by atoms with Gasteiger partial charge in [-0.05, 0) is 67.1 Å². The third kappa shape index (κ3) is 4.35. The number of hydrogen-bond donors (Lipinski definition) is 1. The molecule has 0 aliphatic carbocycles. The SMILES string of the molecule is O=C1CCCN1c1ccc(S(=O)(=O)Nc2ccc(-c3nnc(-c4ccccc4)o3)cc2)cc1. The fraction of sp³-hybridized carbons (Fsp3) is 0.125. The van der Waals surface area contributed by atoms with Gasteiger partial charge in [-0.3, -0.25) is 9.52 Å². The summed E-state index contributed by atoms with van der Waals surface area (Å²) in [6, 6.07) is 22.4. The van der Waals surface area contributed by atoms with Gasteiger partial charge in [0.15, 0.2) is 0 Å². The van der Waals surface area contributed by atoms with Gasteiger partial charge in [-0.25, -0.2) is 8.42 Å². The molecule has 4 aromatic rings. The van der Waals surface area contributed by atoms with Crippen LogP contribution in [0, 0.1) is 0 Å². The van der Waals surface area contributed by atoms with E-state index in [9.17, 15) is 13.2 Å². The zero-order valence-electron chi connectivity index (χ0n) is 17.5. The van der Waals surface area contributed by atoms with E-state index >= 15 is 0 Å². The maximum Gasteiger partial charge on any atom is 0.261 e. The summed E-state index contributed by atoms with van der Waals surface area (Å²) in [5.41, 5.74) is 2.60. The van der Waals surface area contributed by atoms with Gasteiger partial charge < -0.3 is 9.32 Å². The van der Waals surface area contributed by atoms with Crippen LogP contribution in [0.25, 0.3) is 22.9 Å². The average molecular weight is 461 g/mol. The first kappa shape index (κ1) is 20.9. The highest BCUT2D eigenvalue weighted by Crippen LogP contribution is 2.27. The third-order valence-corrected chi connectivity index (χ3v) is 6.76. The van der Waals surface area contributed by atoms with E-state index in [1.165, 1.54) is 12.1 Å². The van der Waals surface area contributed by atoms with E-state index < -0.39 is 10.0 Å². The fourth-order valence-corrected chi connectivity index (χ4v) is 4.72. The highest BCUT2D eigenvalue weighted by atomic mass is 32.2. The Bertz CT molecular complexity index is 1380. The predicted molar refractivity (Wildman–Crippen MR) is 124 cm³/mol. The lowest BCUT2D eigenvalue weighted by atomic mass is 10.2. The second-order valence-electron chi connectivity index (χ2n) is 7.60. The first-order chi connectivity index (χ1) is 16.0. The van der Waals surface area contributed by atoms with Gasteiger partial charge in [0.2, 0.25) is 17.7 Å². The molecule has 0 saturated carbocycles. The van der Waals surface area contributed by atoms with Gasteiger partial charge in [-0.15, -0.1) is 10.2 Å². The molecule has 0 unspecified atom stereocenters. The summed E-state index contributed by atoms with van der Waals surface area (Å²) in [7, 11) is -3.78. The number of amides is 1. The molecule has 5 rings (SSSR count). The van der Waals surface area contributed by atoms with Gasteiger partial charge in [0.25, 0.3) is 10.0 Å². The highest BCUT2D eigenvalue weighted by molar-refractivity contribution is 7.92. The van der Waals surface area contributed by atoms with Crippen LogP contribution in [0.4, 0.5) is 11.4 Å². The molecule has 1 fully saturated rings. The van der Waals surface area contributed by atoms with Crippen LogP contribution in [-0.4, -0.2) is 31.1 Å². The molecule has 166 valence electrons. The first-order valence-electron chi connectivity index (χ1n) is 10.4. The summed E-state index contributed by atoms with van der Waals surface area (Å²) in [5.74, 6) is 0.811. The molecule has 2 heterocycles. The van der Waals surface area contributed by atoms with Gasteiger partial charge in [-0.1, -0.05) is 18.2 Å². The molecule has 1 saturated heterocycles. The Labute approximate surface area is 190 Å². The normalized spacial score (nSPS) is 13.9. The molecule has 0 spiro atoms. The van der Waals surface area contributed by atoms with Crippen LogP contribution in [0.1, 0.15) is 12.8 Å². The van der Waals surface area contributed by atoms with E-state index in [2.05, 4.69) is 14.9 Å². The van der Waals surface area contributed by atoms with E-state index in [1.54, 1.807) is 41.3 Å². The van der Waals surface area contributed by atoms with E-state index in [0.29, 0.717) is 41.7 Å². The van der Waals surface area contributed by atoms with Gasteiger partial charge in [0, 0.05) is 35.5 Å². The van der Waals surface area contributed by atoms with Crippen LogP contribution in [0.15, 0.2) is 88.2 Å². The van der Waals surface area contributed by atoms with Crippen molar-refractivity contribution in [2.75, 3.05) is 16.2 Å². The summed E-state index contributed by atoms with van der Waals surface area (Å²) in [5, 5.41) is 8.15. The largest absolute Gasteiger partial charge is 0.416 e. The Morgan fingerprint density at radius 1 is 0.818 bits per heavy atom. The lowest BCUT2D eigenvalue weighted by molar-refractivity contribution is -0.117. The Balaban J connectivity index is 1.30. The maximum absolute atomic E-state index is 12.8. The summed E-state index contributed by atoms with van der Waals surface area (Å²) in [6.45, 7) is 0.655. The molecule has 1 aliphatic heterocycles. The molecule has 3 aromatic carbocycles. The Morgan fingerprint density at radius 2 is 1.45 bits per heavy atom. The quantitative estimate of drug-likeness (QED) is 0.459. The number of rotatable bonds is 6. The second kappa shape index (κ2) is 8.51. The molecule has 1 amide bonds. The van der Waals surface area contributed by atoms with E-state index in [0.717, 1.165) is 12.0 Å². The van der Waals surface area contributed by atoms with Crippen molar-refractivity contribution in [1.82, 2.24) is 10.2 Å². The van der Waals surface area contributed by atoms with Gasteiger partial charge in [0.05, 0.1) is 4.90 Å². The minimum Gasteiger partial charge on any atom is -0.416 e. The zero-order chi connectivity index (χ0) is 22.8. The van der Waals surface area contributed by atoms with Crippen molar-refractivity contribution in [2.24, 2.45) is 0 Å². The molecule has 1 N–H and O–H groups in total. The number of hydrogen-bond acceptors (Lipinski definition) is 6. The van der Waals surface area contributed by atoms with Crippen LogP contribution < -0.4 is 9.62 Å². The molecular formula is C24H20N4O4S. The molecule has 8 nitrogen and oxygen atoms in total. The van der Waals surface area contributed by atoms with Crippen LogP contribution >= 0.6 is 0 Å². The van der Waals surface area contributed by atoms with Crippen molar-refractivity contribution in [3.8, 4) is 22.9 Å². The minimum absolute atomic E-state index is 0.0564. The van der Waals surface area contributed by atoms with Gasteiger partial charge in [-0.2, -0.15) is 0 Å². The number of benzene rings is 3. The maximum atomic E-state index is 12.8. The Morgan fingerprint density at radius 3 is 2.06 bits per heavy atom. The van der Waals surface area contributed by atoms with Crippen LogP contribution in [0.3, 0.4) is 0 Å². The van der Waals surface area contributed by atoms with Gasteiger partial charge >= 0.3 is 0 Å². The van der Waals surface area contributed by atoms with Crippen molar-refractivity contribution >= 4 is 27.3 Å². The predicted octanol–water partition coefficient (Wildman–Crippen LogP) is 4.33.